The molecule has 0 aliphatic rings. The van der Waals surface area contributed by atoms with Crippen LogP contribution in [-0.2, 0) is 22.7 Å². The van der Waals surface area contributed by atoms with Gasteiger partial charge in [0.2, 0.25) is 0 Å². The highest BCUT2D eigenvalue weighted by Gasteiger charge is 2.22. The molecule has 0 aromatic heterocycles. The fourth-order valence-electron chi connectivity index (χ4n) is 5.17. The first-order chi connectivity index (χ1) is 18.9. The van der Waals surface area contributed by atoms with Crippen LogP contribution in [0.1, 0.15) is 66.0 Å². The van der Waals surface area contributed by atoms with Gasteiger partial charge in [-0.3, -0.25) is 14.7 Å². The number of hydrogen-bond donors (Lipinski definition) is 0. The first-order valence-electron chi connectivity index (χ1n) is 15.3. The lowest BCUT2D eigenvalue weighted by Gasteiger charge is -2.38. The molecule has 5 heteroatoms. The molecule has 0 N–H and O–H groups in total. The van der Waals surface area contributed by atoms with E-state index in [0.29, 0.717) is 37.3 Å². The predicted molar refractivity (Wildman–Crippen MR) is 166 cm³/mol. The summed E-state index contributed by atoms with van der Waals surface area (Å²) in [6.45, 7) is 25.5. The van der Waals surface area contributed by atoms with E-state index in [4.69, 9.17) is 9.47 Å². The summed E-state index contributed by atoms with van der Waals surface area (Å²) in [5.41, 5.74) is 2.47. The van der Waals surface area contributed by atoms with E-state index in [-0.39, 0.29) is 0 Å². The molecule has 4 atom stereocenters. The van der Waals surface area contributed by atoms with Crippen molar-refractivity contribution in [1.82, 2.24) is 14.7 Å². The van der Waals surface area contributed by atoms with E-state index in [1.54, 1.807) is 0 Å². The molecule has 39 heavy (non-hydrogen) atoms. The van der Waals surface area contributed by atoms with Crippen molar-refractivity contribution in [3.63, 3.8) is 0 Å². The van der Waals surface area contributed by atoms with Crippen LogP contribution >= 0.6 is 0 Å². The normalized spacial score (nSPS) is 15.1. The summed E-state index contributed by atoms with van der Waals surface area (Å²) >= 11 is 0. The number of likely N-dealkylation sites (N-methyl/N-ethyl adjacent to an activating group) is 2. The third-order valence-electron chi connectivity index (χ3n) is 8.39. The predicted octanol–water partition coefficient (Wildman–Crippen LogP) is 6.58. The Kier molecular flexibility index (Phi) is 16.6. The molecule has 2 rings (SSSR count). The third-order valence-corrected chi connectivity index (χ3v) is 8.39. The monoisotopic (exact) mass is 539 g/mol. The van der Waals surface area contributed by atoms with E-state index in [9.17, 15) is 0 Å². The Hall–Kier alpha value is -1.76. The summed E-state index contributed by atoms with van der Waals surface area (Å²) < 4.78 is 12.2. The summed E-state index contributed by atoms with van der Waals surface area (Å²) in [4.78, 5) is 7.85. The molecular weight excluding hydrogens is 482 g/mol. The quantitative estimate of drug-likeness (QED) is 0.179. The van der Waals surface area contributed by atoms with Crippen molar-refractivity contribution in [1.29, 1.82) is 0 Å². The van der Waals surface area contributed by atoms with Gasteiger partial charge in [-0.05, 0) is 50.9 Å². The minimum Gasteiger partial charge on any atom is -0.375 e. The molecule has 0 radical (unpaired) electrons. The summed E-state index contributed by atoms with van der Waals surface area (Å²) in [6.07, 6.45) is 1.21. The van der Waals surface area contributed by atoms with Gasteiger partial charge in [0.25, 0.3) is 0 Å². The van der Waals surface area contributed by atoms with Gasteiger partial charge in [0.15, 0.2) is 0 Å². The minimum atomic E-state index is 0.397. The maximum atomic E-state index is 6.08. The van der Waals surface area contributed by atoms with E-state index in [0.717, 1.165) is 52.5 Å². The number of benzene rings is 2. The van der Waals surface area contributed by atoms with Crippen LogP contribution in [0.5, 0.6) is 0 Å². The second-order valence-corrected chi connectivity index (χ2v) is 11.1. The van der Waals surface area contributed by atoms with E-state index in [1.807, 2.05) is 0 Å². The second-order valence-electron chi connectivity index (χ2n) is 11.1. The van der Waals surface area contributed by atoms with Crippen molar-refractivity contribution in [2.45, 2.75) is 86.2 Å². The molecule has 0 saturated carbocycles. The molecule has 0 spiro atoms. The Morgan fingerprint density at radius 3 is 1.31 bits per heavy atom. The molecule has 2 aromatic carbocycles. The van der Waals surface area contributed by atoms with Gasteiger partial charge >= 0.3 is 0 Å². The zero-order chi connectivity index (χ0) is 28.5. The molecule has 0 amide bonds. The molecule has 2 aromatic rings. The Bertz CT molecular complexity index is 787. The van der Waals surface area contributed by atoms with Crippen LogP contribution in [0.3, 0.4) is 0 Å². The Morgan fingerprint density at radius 1 is 0.564 bits per heavy atom. The van der Waals surface area contributed by atoms with Crippen molar-refractivity contribution in [2.24, 2.45) is 5.92 Å². The maximum absolute atomic E-state index is 6.08. The first kappa shape index (κ1) is 33.4. The summed E-state index contributed by atoms with van der Waals surface area (Å²) in [7, 11) is 0. The third kappa shape index (κ3) is 12.5. The van der Waals surface area contributed by atoms with Gasteiger partial charge in [0.1, 0.15) is 0 Å². The zero-order valence-corrected chi connectivity index (χ0v) is 26.0. The van der Waals surface area contributed by atoms with E-state index < -0.39 is 0 Å². The molecule has 0 aliphatic heterocycles. The number of ether oxygens (including phenoxy) is 2. The van der Waals surface area contributed by atoms with E-state index in [1.165, 1.54) is 17.5 Å². The van der Waals surface area contributed by atoms with Gasteiger partial charge < -0.3 is 9.47 Å². The SMILES string of the molecule is CCC(C)C(C)N(CCN(CC)C(C)COCc1ccccc1)CCN(CC)C(C)COCc1ccccc1. The molecule has 0 saturated heterocycles. The van der Waals surface area contributed by atoms with Gasteiger partial charge in [-0.2, -0.15) is 0 Å². The zero-order valence-electron chi connectivity index (χ0n) is 26.0. The minimum absolute atomic E-state index is 0.397. The summed E-state index contributed by atoms with van der Waals surface area (Å²) in [5, 5.41) is 0. The van der Waals surface area contributed by atoms with Crippen molar-refractivity contribution < 1.29 is 9.47 Å². The molecule has 4 unspecified atom stereocenters. The van der Waals surface area contributed by atoms with E-state index >= 15 is 0 Å². The highest BCUT2D eigenvalue weighted by molar-refractivity contribution is 5.14. The van der Waals surface area contributed by atoms with Gasteiger partial charge in [-0.1, -0.05) is 94.8 Å². The molecule has 0 bridgehead atoms. The van der Waals surface area contributed by atoms with Crippen LogP contribution in [0.25, 0.3) is 0 Å². The fourth-order valence-corrected chi connectivity index (χ4v) is 5.17. The molecular formula is C34H57N3O2. The maximum Gasteiger partial charge on any atom is 0.0717 e. The Morgan fingerprint density at radius 2 is 0.949 bits per heavy atom. The first-order valence-corrected chi connectivity index (χ1v) is 15.3. The summed E-state index contributed by atoms with van der Waals surface area (Å²) in [5.74, 6) is 0.674. The van der Waals surface area contributed by atoms with Crippen LogP contribution < -0.4 is 0 Å². The Balaban J connectivity index is 1.86. The number of rotatable bonds is 21. The van der Waals surface area contributed by atoms with Crippen LogP contribution in [0.15, 0.2) is 60.7 Å². The lowest BCUT2D eigenvalue weighted by molar-refractivity contribution is 0.0394. The largest absolute Gasteiger partial charge is 0.375 e. The average Bonchev–Trinajstić information content (AvgIpc) is 2.97. The molecule has 0 aliphatic carbocycles. The highest BCUT2D eigenvalue weighted by Crippen LogP contribution is 2.16. The second kappa shape index (κ2) is 19.3. The van der Waals surface area contributed by atoms with Gasteiger partial charge in [-0.25, -0.2) is 0 Å². The Labute approximate surface area is 240 Å². The summed E-state index contributed by atoms with van der Waals surface area (Å²) in [6, 6.07) is 22.3. The highest BCUT2D eigenvalue weighted by atomic mass is 16.5. The fraction of sp³-hybridized carbons (Fsp3) is 0.647. The molecule has 0 fully saturated rings. The smallest absolute Gasteiger partial charge is 0.0717 e. The van der Waals surface area contributed by atoms with Gasteiger partial charge in [0.05, 0.1) is 26.4 Å². The van der Waals surface area contributed by atoms with E-state index in [2.05, 4.69) is 124 Å². The molecule has 0 heterocycles. The lowest BCUT2D eigenvalue weighted by atomic mass is 9.99. The number of nitrogens with zero attached hydrogens (tertiary/aromatic N) is 3. The average molecular weight is 540 g/mol. The van der Waals surface area contributed by atoms with Crippen molar-refractivity contribution in [3.05, 3.63) is 71.8 Å². The van der Waals surface area contributed by atoms with Crippen molar-refractivity contribution >= 4 is 0 Å². The van der Waals surface area contributed by atoms with Crippen LogP contribution in [-0.4, -0.2) is 85.3 Å². The van der Waals surface area contributed by atoms with Gasteiger partial charge in [-0.15, -0.1) is 0 Å². The standard InChI is InChI=1S/C34H57N3O2/c1-8-29(4)32(7)37(23-21-35(9-2)30(5)25-38-27-33-17-13-11-14-18-33)24-22-36(10-3)31(6)26-39-28-34-19-15-12-16-20-34/h11-20,29-32H,8-10,21-28H2,1-7H3. The van der Waals surface area contributed by atoms with Crippen LogP contribution in [0.4, 0.5) is 0 Å². The topological polar surface area (TPSA) is 28.2 Å². The molecule has 5 nitrogen and oxygen atoms in total. The lowest BCUT2D eigenvalue weighted by Crippen LogP contribution is -2.49. The van der Waals surface area contributed by atoms with Gasteiger partial charge in [0, 0.05) is 44.3 Å². The van der Waals surface area contributed by atoms with Crippen molar-refractivity contribution in [3.8, 4) is 0 Å². The van der Waals surface area contributed by atoms with Crippen molar-refractivity contribution in [2.75, 3.05) is 52.5 Å². The van der Waals surface area contributed by atoms with Crippen LogP contribution in [0, 0.1) is 5.92 Å². The molecule has 220 valence electrons. The van der Waals surface area contributed by atoms with Crippen LogP contribution in [0.2, 0.25) is 0 Å². The number of hydrogen-bond acceptors (Lipinski definition) is 5.